The van der Waals surface area contributed by atoms with Crippen LogP contribution in [-0.4, -0.2) is 49.2 Å². The van der Waals surface area contributed by atoms with Crippen LogP contribution >= 0.6 is 11.3 Å². The van der Waals surface area contributed by atoms with Crippen LogP contribution in [0.1, 0.15) is 22.2 Å². The first-order valence-corrected chi connectivity index (χ1v) is 6.56. The van der Waals surface area contributed by atoms with E-state index in [1.807, 2.05) is 31.3 Å². The predicted octanol–water partition coefficient (Wildman–Crippen LogP) is 0.772. The maximum absolute atomic E-state index is 12.0. The largest absolute Gasteiger partial charge is 0.384 e. The predicted molar refractivity (Wildman–Crippen MR) is 73.8 cm³/mol. The molecule has 1 aromatic rings. The van der Waals surface area contributed by atoms with Crippen molar-refractivity contribution in [3.63, 3.8) is 0 Å². The Morgan fingerprint density at radius 1 is 1.61 bits per heavy atom. The maximum Gasteiger partial charge on any atom is 0.262 e. The highest BCUT2D eigenvalue weighted by atomic mass is 32.1. The molecule has 4 nitrogen and oxygen atoms in total. The van der Waals surface area contributed by atoms with Gasteiger partial charge in [0.2, 0.25) is 0 Å². The van der Waals surface area contributed by atoms with E-state index >= 15 is 0 Å². The standard InChI is InChI=1S/C13H18N2O2S/c1-10(15(2)3)9-14-13(17)12-11(5-4-7-16)6-8-18-12/h6,8,10,16H,7,9H2,1-3H3,(H,14,17). The number of hydrogen-bond acceptors (Lipinski definition) is 4. The van der Waals surface area contributed by atoms with E-state index in [1.54, 1.807) is 6.07 Å². The van der Waals surface area contributed by atoms with Gasteiger partial charge in [-0.05, 0) is 32.5 Å². The summed E-state index contributed by atoms with van der Waals surface area (Å²) in [5.41, 5.74) is 0.670. The zero-order chi connectivity index (χ0) is 13.5. The van der Waals surface area contributed by atoms with Gasteiger partial charge >= 0.3 is 0 Å². The minimum absolute atomic E-state index is 0.110. The monoisotopic (exact) mass is 266 g/mol. The van der Waals surface area contributed by atoms with Crippen molar-refractivity contribution in [3.05, 3.63) is 21.9 Å². The molecular weight excluding hydrogens is 248 g/mol. The van der Waals surface area contributed by atoms with Crippen molar-refractivity contribution >= 4 is 17.2 Å². The van der Waals surface area contributed by atoms with Crippen molar-refractivity contribution in [2.24, 2.45) is 0 Å². The number of likely N-dealkylation sites (N-methyl/N-ethyl adjacent to an activating group) is 1. The Morgan fingerprint density at radius 3 is 2.94 bits per heavy atom. The minimum Gasteiger partial charge on any atom is -0.384 e. The number of thiophene rings is 1. The first-order valence-electron chi connectivity index (χ1n) is 5.68. The van der Waals surface area contributed by atoms with Crippen LogP contribution in [0.3, 0.4) is 0 Å². The Bertz CT molecular complexity index is 457. The van der Waals surface area contributed by atoms with Gasteiger partial charge in [0.1, 0.15) is 11.5 Å². The van der Waals surface area contributed by atoms with Gasteiger partial charge in [-0.25, -0.2) is 0 Å². The first kappa shape index (κ1) is 14.7. The van der Waals surface area contributed by atoms with Crippen molar-refractivity contribution in [3.8, 4) is 11.8 Å². The molecule has 0 aliphatic carbocycles. The third kappa shape index (κ3) is 4.15. The lowest BCUT2D eigenvalue weighted by Crippen LogP contribution is -2.38. The summed E-state index contributed by atoms with van der Waals surface area (Å²) in [5, 5.41) is 13.4. The molecule has 1 unspecified atom stereocenters. The lowest BCUT2D eigenvalue weighted by Gasteiger charge is -2.19. The molecule has 0 bridgehead atoms. The number of hydrogen-bond donors (Lipinski definition) is 2. The van der Waals surface area contributed by atoms with Gasteiger partial charge < -0.3 is 15.3 Å². The van der Waals surface area contributed by atoms with Crippen molar-refractivity contribution in [1.82, 2.24) is 10.2 Å². The number of carbonyl (C=O) groups excluding carboxylic acids is 1. The Labute approximate surface area is 112 Å². The maximum atomic E-state index is 12.0. The number of aliphatic hydroxyl groups is 1. The summed E-state index contributed by atoms with van der Waals surface area (Å²) in [6, 6.07) is 2.07. The summed E-state index contributed by atoms with van der Waals surface area (Å²) in [4.78, 5) is 14.6. The highest BCUT2D eigenvalue weighted by Gasteiger charge is 2.13. The molecule has 0 aromatic carbocycles. The van der Waals surface area contributed by atoms with Crippen LogP contribution in [0.4, 0.5) is 0 Å². The van der Waals surface area contributed by atoms with E-state index in [1.165, 1.54) is 11.3 Å². The summed E-state index contributed by atoms with van der Waals surface area (Å²) in [6.45, 7) is 2.44. The molecular formula is C13H18N2O2S. The molecule has 18 heavy (non-hydrogen) atoms. The molecule has 1 aromatic heterocycles. The number of nitrogens with zero attached hydrogens (tertiary/aromatic N) is 1. The second kappa shape index (κ2) is 7.17. The average Bonchev–Trinajstić information content (AvgIpc) is 2.81. The number of carbonyl (C=O) groups is 1. The van der Waals surface area contributed by atoms with Crippen molar-refractivity contribution in [1.29, 1.82) is 0 Å². The zero-order valence-electron chi connectivity index (χ0n) is 10.9. The molecule has 0 radical (unpaired) electrons. The van der Waals surface area contributed by atoms with Gasteiger partial charge in [-0.1, -0.05) is 11.8 Å². The second-order valence-electron chi connectivity index (χ2n) is 4.15. The van der Waals surface area contributed by atoms with Gasteiger partial charge in [-0.2, -0.15) is 0 Å². The molecule has 98 valence electrons. The van der Waals surface area contributed by atoms with Crippen LogP contribution in [-0.2, 0) is 0 Å². The lowest BCUT2D eigenvalue weighted by atomic mass is 10.2. The van der Waals surface area contributed by atoms with E-state index in [2.05, 4.69) is 17.2 Å². The second-order valence-corrected chi connectivity index (χ2v) is 5.06. The van der Waals surface area contributed by atoms with Gasteiger partial charge in [0.15, 0.2) is 0 Å². The van der Waals surface area contributed by atoms with Crippen LogP contribution < -0.4 is 5.32 Å². The van der Waals surface area contributed by atoms with E-state index in [-0.39, 0.29) is 18.6 Å². The van der Waals surface area contributed by atoms with Gasteiger partial charge in [0, 0.05) is 18.2 Å². The third-order valence-electron chi connectivity index (χ3n) is 2.61. The molecule has 0 saturated carbocycles. The average molecular weight is 266 g/mol. The van der Waals surface area contributed by atoms with E-state index < -0.39 is 0 Å². The zero-order valence-corrected chi connectivity index (χ0v) is 11.7. The van der Waals surface area contributed by atoms with Crippen LogP contribution in [0.5, 0.6) is 0 Å². The summed E-state index contributed by atoms with van der Waals surface area (Å²) in [6.07, 6.45) is 0. The highest BCUT2D eigenvalue weighted by Crippen LogP contribution is 2.15. The highest BCUT2D eigenvalue weighted by molar-refractivity contribution is 7.12. The molecule has 0 fully saturated rings. The van der Waals surface area contributed by atoms with Crippen LogP contribution in [0.25, 0.3) is 0 Å². The number of rotatable bonds is 4. The molecule has 5 heteroatoms. The van der Waals surface area contributed by atoms with E-state index in [9.17, 15) is 4.79 Å². The van der Waals surface area contributed by atoms with Crippen molar-refractivity contribution < 1.29 is 9.90 Å². The van der Waals surface area contributed by atoms with Crippen molar-refractivity contribution in [2.75, 3.05) is 27.2 Å². The summed E-state index contributed by atoms with van der Waals surface area (Å²) in [7, 11) is 3.94. The smallest absolute Gasteiger partial charge is 0.262 e. The molecule has 0 aliphatic rings. The Hall–Kier alpha value is -1.35. The molecule has 1 rings (SSSR count). The van der Waals surface area contributed by atoms with Crippen LogP contribution in [0.2, 0.25) is 0 Å². The summed E-state index contributed by atoms with van der Waals surface area (Å²) >= 11 is 1.36. The van der Waals surface area contributed by atoms with Crippen LogP contribution in [0, 0.1) is 11.8 Å². The molecule has 1 heterocycles. The number of amides is 1. The van der Waals surface area contributed by atoms with Crippen molar-refractivity contribution in [2.45, 2.75) is 13.0 Å². The van der Waals surface area contributed by atoms with E-state index in [0.29, 0.717) is 17.0 Å². The minimum atomic E-state index is -0.200. The molecule has 1 atom stereocenters. The fourth-order valence-corrected chi connectivity index (χ4v) is 1.99. The fraction of sp³-hybridized carbons (Fsp3) is 0.462. The molecule has 1 amide bonds. The van der Waals surface area contributed by atoms with Gasteiger partial charge in [0.05, 0.1) is 0 Å². The number of nitrogens with one attached hydrogen (secondary N) is 1. The van der Waals surface area contributed by atoms with E-state index in [0.717, 1.165) is 0 Å². The van der Waals surface area contributed by atoms with Crippen LogP contribution in [0.15, 0.2) is 11.4 Å². The molecule has 0 saturated heterocycles. The normalized spacial score (nSPS) is 11.8. The summed E-state index contributed by atoms with van der Waals surface area (Å²) < 4.78 is 0. The van der Waals surface area contributed by atoms with E-state index in [4.69, 9.17) is 5.11 Å². The summed E-state index contributed by atoms with van der Waals surface area (Å²) in [5.74, 6) is 5.22. The fourth-order valence-electron chi connectivity index (χ4n) is 1.22. The lowest BCUT2D eigenvalue weighted by molar-refractivity contribution is 0.0947. The Balaban J connectivity index is 2.65. The molecule has 2 N–H and O–H groups in total. The SMILES string of the molecule is CC(CNC(=O)c1sccc1C#CCO)N(C)C. The Morgan fingerprint density at radius 2 is 2.33 bits per heavy atom. The molecule has 0 aliphatic heterocycles. The molecule has 0 spiro atoms. The topological polar surface area (TPSA) is 52.6 Å². The number of aliphatic hydroxyl groups excluding tert-OH is 1. The quantitative estimate of drug-likeness (QED) is 0.792. The third-order valence-corrected chi connectivity index (χ3v) is 3.53. The van der Waals surface area contributed by atoms with Gasteiger partial charge in [-0.3, -0.25) is 4.79 Å². The first-order chi connectivity index (χ1) is 8.56. The van der Waals surface area contributed by atoms with Gasteiger partial charge in [-0.15, -0.1) is 11.3 Å². The van der Waals surface area contributed by atoms with Gasteiger partial charge in [0.25, 0.3) is 5.91 Å². The Kier molecular flexibility index (Phi) is 5.86.